The predicted molar refractivity (Wildman–Crippen MR) is 161 cm³/mol. The smallest absolute Gasteiger partial charge is 0.408 e. The van der Waals surface area contributed by atoms with Gasteiger partial charge in [0.15, 0.2) is 0 Å². The van der Waals surface area contributed by atoms with Crippen molar-refractivity contribution in [3.63, 3.8) is 0 Å². The zero-order chi connectivity index (χ0) is 32.5. The van der Waals surface area contributed by atoms with Crippen LogP contribution in [0.3, 0.4) is 0 Å². The molecule has 0 saturated carbocycles. The molecule has 0 spiro atoms. The molecule has 10 nitrogen and oxygen atoms in total. The third-order valence-corrected chi connectivity index (χ3v) is 7.94. The quantitative estimate of drug-likeness (QED) is 0.299. The number of benzene rings is 1. The van der Waals surface area contributed by atoms with Crippen LogP contribution in [0.2, 0.25) is 0 Å². The van der Waals surface area contributed by atoms with Crippen molar-refractivity contribution >= 4 is 17.5 Å². The lowest BCUT2D eigenvalue weighted by Gasteiger charge is -2.42. The highest BCUT2D eigenvalue weighted by Gasteiger charge is 2.37. The Hall–Kier alpha value is -3.94. The van der Waals surface area contributed by atoms with Crippen LogP contribution in [0.4, 0.5) is 29.3 Å². The molecule has 2 aromatic heterocycles. The van der Waals surface area contributed by atoms with Gasteiger partial charge in [0.2, 0.25) is 0 Å². The molecule has 2 fully saturated rings. The summed E-state index contributed by atoms with van der Waals surface area (Å²) >= 11 is 0. The molecule has 4 heterocycles. The van der Waals surface area contributed by atoms with Crippen molar-refractivity contribution < 1.29 is 37.7 Å². The summed E-state index contributed by atoms with van der Waals surface area (Å²) < 4.78 is 55.9. The van der Waals surface area contributed by atoms with Gasteiger partial charge >= 0.3 is 6.09 Å². The van der Waals surface area contributed by atoms with Gasteiger partial charge in [0.25, 0.3) is 0 Å². The fraction of sp³-hybridized carbons (Fsp3) is 0.469. The second kappa shape index (κ2) is 12.8. The molecule has 4 N–H and O–H groups in total. The third-order valence-electron chi connectivity index (χ3n) is 7.94. The van der Waals surface area contributed by atoms with Crippen molar-refractivity contribution in [2.45, 2.75) is 64.0 Å². The van der Waals surface area contributed by atoms with Crippen LogP contribution in [-0.4, -0.2) is 70.3 Å². The molecule has 1 amide bonds. The van der Waals surface area contributed by atoms with E-state index in [0.717, 1.165) is 23.9 Å². The number of carbonyl (C=O) groups excluding carboxylic acids is 1. The van der Waals surface area contributed by atoms with Crippen LogP contribution < -0.4 is 15.5 Å². The van der Waals surface area contributed by atoms with Gasteiger partial charge in [-0.3, -0.25) is 4.98 Å². The molecule has 2 aliphatic rings. The van der Waals surface area contributed by atoms with Crippen LogP contribution in [0.15, 0.2) is 42.7 Å². The van der Waals surface area contributed by atoms with Gasteiger partial charge in [0.1, 0.15) is 34.3 Å². The van der Waals surface area contributed by atoms with Gasteiger partial charge < -0.3 is 35.2 Å². The Labute approximate surface area is 259 Å². The highest BCUT2D eigenvalue weighted by molar-refractivity contribution is 5.71. The van der Waals surface area contributed by atoms with Gasteiger partial charge in [-0.1, -0.05) is 6.92 Å². The van der Waals surface area contributed by atoms with E-state index in [1.165, 1.54) is 6.07 Å². The molecule has 242 valence electrons. The van der Waals surface area contributed by atoms with E-state index in [9.17, 15) is 19.4 Å². The molecule has 45 heavy (non-hydrogen) atoms. The summed E-state index contributed by atoms with van der Waals surface area (Å²) in [4.78, 5) is 22.9. The summed E-state index contributed by atoms with van der Waals surface area (Å²) in [5.41, 5.74) is -1.68. The van der Waals surface area contributed by atoms with E-state index in [0.29, 0.717) is 17.9 Å². The fourth-order valence-corrected chi connectivity index (χ4v) is 5.65. The second-order valence-corrected chi connectivity index (χ2v) is 12.7. The average molecular weight is 630 g/mol. The number of rotatable bonds is 7. The number of aromatic nitrogens is 2. The Morgan fingerprint density at radius 1 is 1.16 bits per heavy atom. The van der Waals surface area contributed by atoms with Crippen molar-refractivity contribution in [3.8, 4) is 11.3 Å². The Morgan fingerprint density at radius 3 is 2.56 bits per heavy atom. The number of piperidine rings is 1. The molecule has 1 aromatic carbocycles. The molecule has 1 unspecified atom stereocenters. The summed E-state index contributed by atoms with van der Waals surface area (Å²) in [5, 5.41) is 27.5. The molecule has 2 aliphatic heterocycles. The third kappa shape index (κ3) is 7.32. The Bertz CT molecular complexity index is 1520. The maximum Gasteiger partial charge on any atom is 0.408 e. The first-order valence-electron chi connectivity index (χ1n) is 14.8. The summed E-state index contributed by atoms with van der Waals surface area (Å²) in [5.74, 6) is -3.20. The van der Waals surface area contributed by atoms with Gasteiger partial charge in [0, 0.05) is 38.2 Å². The number of nitrogens with zero attached hydrogens (tertiary/aromatic N) is 3. The predicted octanol–water partition coefficient (Wildman–Crippen LogP) is 4.49. The number of amides is 1. The zero-order valence-corrected chi connectivity index (χ0v) is 25.6. The monoisotopic (exact) mass is 629 g/mol. The van der Waals surface area contributed by atoms with Crippen molar-refractivity contribution in [3.05, 3.63) is 71.4 Å². The summed E-state index contributed by atoms with van der Waals surface area (Å²) in [6.45, 7) is 8.16. The minimum Gasteiger partial charge on any atom is -0.444 e. The molecule has 0 radical (unpaired) electrons. The Kier molecular flexibility index (Phi) is 9.24. The van der Waals surface area contributed by atoms with Gasteiger partial charge in [-0.15, -0.1) is 0 Å². The van der Waals surface area contributed by atoms with Crippen molar-refractivity contribution in [1.82, 2.24) is 15.3 Å². The number of aliphatic hydroxyl groups is 2. The van der Waals surface area contributed by atoms with Crippen LogP contribution in [0, 0.1) is 23.4 Å². The SMILES string of the molecule is C[C@H]1CN(c2ccncc2NCc2ccc(F)c(-c3c(F)cc(C4(O)CCOC4)cc3F)n2)C[C@@H](NC(=O)OC(C)(C)C)[C@@H]1O. The van der Waals surface area contributed by atoms with Crippen molar-refractivity contribution in [2.24, 2.45) is 5.92 Å². The topological polar surface area (TPSA) is 129 Å². The number of carbonyl (C=O) groups is 1. The summed E-state index contributed by atoms with van der Waals surface area (Å²) in [6, 6.07) is 5.66. The van der Waals surface area contributed by atoms with E-state index in [2.05, 4.69) is 20.6 Å². The average Bonchev–Trinajstić information content (AvgIpc) is 3.42. The Balaban J connectivity index is 1.34. The maximum absolute atomic E-state index is 15.2. The van der Waals surface area contributed by atoms with Crippen LogP contribution >= 0.6 is 0 Å². The van der Waals surface area contributed by atoms with Crippen LogP contribution in [0.1, 0.15) is 45.4 Å². The summed E-state index contributed by atoms with van der Waals surface area (Å²) in [7, 11) is 0. The molecule has 13 heteroatoms. The zero-order valence-electron chi connectivity index (χ0n) is 25.6. The van der Waals surface area contributed by atoms with Crippen molar-refractivity contribution in [2.75, 3.05) is 36.5 Å². The molecule has 4 atom stereocenters. The summed E-state index contributed by atoms with van der Waals surface area (Å²) in [6.07, 6.45) is 1.98. The van der Waals surface area contributed by atoms with Gasteiger partial charge in [-0.05, 0) is 56.7 Å². The van der Waals surface area contributed by atoms with Crippen LogP contribution in [-0.2, 0) is 21.6 Å². The van der Waals surface area contributed by atoms with E-state index in [4.69, 9.17) is 9.47 Å². The number of hydrogen-bond donors (Lipinski definition) is 4. The van der Waals surface area contributed by atoms with Crippen molar-refractivity contribution in [1.29, 1.82) is 0 Å². The first kappa shape index (κ1) is 32.5. The lowest BCUT2D eigenvalue weighted by atomic mass is 9.91. The molecule has 2 saturated heterocycles. The number of aliphatic hydroxyl groups excluding tert-OH is 1. The number of nitrogens with one attached hydrogen (secondary N) is 2. The van der Waals surface area contributed by atoms with E-state index in [1.54, 1.807) is 39.2 Å². The number of anilines is 2. The largest absolute Gasteiger partial charge is 0.444 e. The van der Waals surface area contributed by atoms with Crippen LogP contribution in [0.25, 0.3) is 11.3 Å². The van der Waals surface area contributed by atoms with E-state index >= 15 is 8.78 Å². The number of hydrogen-bond acceptors (Lipinski definition) is 9. The molecular formula is C32H38F3N5O5. The van der Waals surface area contributed by atoms with E-state index in [1.807, 2.05) is 11.8 Å². The molecule has 5 rings (SSSR count). The maximum atomic E-state index is 15.2. The molecular weight excluding hydrogens is 591 g/mol. The number of pyridine rings is 2. The first-order valence-corrected chi connectivity index (χ1v) is 14.8. The van der Waals surface area contributed by atoms with Gasteiger partial charge in [-0.25, -0.2) is 22.9 Å². The standard InChI is InChI=1S/C32H38F3N5O5/c1-18-15-40(16-25(29(18)41)39-30(42)45-31(2,3)4)26-7-9-36-14-24(26)37-13-20-5-6-21(33)28(38-20)27-22(34)11-19(12-23(27)35)32(43)8-10-44-17-32/h5-7,9,11-12,14,18,25,29,37,41,43H,8,10,13,15-17H2,1-4H3,(H,39,42)/t18-,25+,29+,32?/m0/s1. The first-order chi connectivity index (χ1) is 21.2. The minimum atomic E-state index is -1.52. The highest BCUT2D eigenvalue weighted by Crippen LogP contribution is 2.36. The van der Waals surface area contributed by atoms with E-state index < -0.39 is 58.2 Å². The molecule has 0 aliphatic carbocycles. The molecule has 3 aromatic rings. The second-order valence-electron chi connectivity index (χ2n) is 12.7. The van der Waals surface area contributed by atoms with Crippen LogP contribution in [0.5, 0.6) is 0 Å². The van der Waals surface area contributed by atoms with E-state index in [-0.39, 0.29) is 44.2 Å². The fourth-order valence-electron chi connectivity index (χ4n) is 5.65. The minimum absolute atomic E-state index is 0.0177. The number of halogens is 3. The van der Waals surface area contributed by atoms with Gasteiger partial charge in [0.05, 0.1) is 54.1 Å². The number of ether oxygens (including phenoxy) is 2. The van der Waals surface area contributed by atoms with Gasteiger partial charge in [-0.2, -0.15) is 0 Å². The normalized spacial score (nSPS) is 23.6. The molecule has 0 bridgehead atoms. The lowest BCUT2D eigenvalue weighted by Crippen LogP contribution is -2.59. The highest BCUT2D eigenvalue weighted by atomic mass is 19.1. The Morgan fingerprint density at radius 2 is 1.89 bits per heavy atom. The lowest BCUT2D eigenvalue weighted by molar-refractivity contribution is 0.0227. The number of alkyl carbamates (subject to hydrolysis) is 1.